The van der Waals surface area contributed by atoms with Crippen molar-refractivity contribution in [1.29, 1.82) is 0 Å². The van der Waals surface area contributed by atoms with Crippen molar-refractivity contribution in [3.05, 3.63) is 0 Å². The fourth-order valence-corrected chi connectivity index (χ4v) is 7.22. The second-order valence-corrected chi connectivity index (χ2v) is 9.15. The normalized spacial score (nSPS) is 56.4. The zero-order valence-electron chi connectivity index (χ0n) is 14.5. The molecule has 0 radical (unpaired) electrons. The van der Waals surface area contributed by atoms with Crippen LogP contribution in [0.25, 0.3) is 0 Å². The molecule has 6 atom stereocenters. The number of hydrogen-bond acceptors (Lipinski definition) is 3. The van der Waals surface area contributed by atoms with Crippen molar-refractivity contribution in [2.24, 2.45) is 28.1 Å². The van der Waals surface area contributed by atoms with E-state index in [4.69, 9.17) is 9.47 Å². The van der Waals surface area contributed by atoms with E-state index in [2.05, 4.69) is 20.8 Å². The summed E-state index contributed by atoms with van der Waals surface area (Å²) in [5.41, 5.74) is 0.490. The number of methoxy groups -OCH3 is 1. The summed E-state index contributed by atoms with van der Waals surface area (Å²) in [6.45, 7) is 8.08. The maximum Gasteiger partial charge on any atom is 0.311 e. The topological polar surface area (TPSA) is 38.8 Å². The van der Waals surface area contributed by atoms with Crippen LogP contribution in [0.15, 0.2) is 0 Å². The van der Waals surface area contributed by atoms with E-state index in [1.807, 2.05) is 0 Å². The van der Waals surface area contributed by atoms with Crippen LogP contribution in [0.4, 0.5) is 0 Å². The van der Waals surface area contributed by atoms with Crippen LogP contribution in [-0.4, -0.2) is 25.3 Å². The lowest BCUT2D eigenvalue weighted by atomic mass is 9.43. The number of rotatable bonds is 1. The van der Waals surface area contributed by atoms with Gasteiger partial charge in [-0.2, -0.15) is 0 Å². The van der Waals surface area contributed by atoms with Crippen molar-refractivity contribution < 1.29 is 14.3 Å². The lowest BCUT2D eigenvalue weighted by molar-refractivity contribution is -0.179. The summed E-state index contributed by atoms with van der Waals surface area (Å²) in [7, 11) is 1.55. The Labute approximate surface area is 134 Å². The minimum atomic E-state index is -0.288. The van der Waals surface area contributed by atoms with E-state index in [1.54, 1.807) is 7.11 Å². The van der Waals surface area contributed by atoms with Gasteiger partial charge in [0, 0.05) is 5.41 Å². The Bertz CT molecular complexity index is 511. The number of fused-ring (bicyclic) bond motifs is 4. The highest BCUT2D eigenvalue weighted by atomic mass is 16.6. The smallest absolute Gasteiger partial charge is 0.311 e. The Morgan fingerprint density at radius 1 is 1.05 bits per heavy atom. The van der Waals surface area contributed by atoms with Crippen molar-refractivity contribution in [2.75, 3.05) is 13.7 Å². The van der Waals surface area contributed by atoms with E-state index in [0.29, 0.717) is 17.3 Å². The minimum Gasteiger partial charge on any atom is -0.469 e. The fourth-order valence-electron chi connectivity index (χ4n) is 7.22. The average Bonchev–Trinajstić information content (AvgIpc) is 3.20. The highest BCUT2D eigenvalue weighted by Crippen LogP contribution is 2.73. The second kappa shape index (κ2) is 4.28. The third-order valence-corrected chi connectivity index (χ3v) is 8.52. The Balaban J connectivity index is 1.73. The molecule has 1 heterocycles. The molecule has 4 fully saturated rings. The van der Waals surface area contributed by atoms with Crippen molar-refractivity contribution in [1.82, 2.24) is 0 Å². The zero-order chi connectivity index (χ0) is 15.8. The monoisotopic (exact) mass is 306 g/mol. The van der Waals surface area contributed by atoms with Gasteiger partial charge in [-0.3, -0.25) is 4.79 Å². The maximum absolute atomic E-state index is 12.6. The van der Waals surface area contributed by atoms with Gasteiger partial charge in [0.05, 0.1) is 24.7 Å². The predicted molar refractivity (Wildman–Crippen MR) is 84.3 cm³/mol. The zero-order valence-corrected chi connectivity index (χ0v) is 14.5. The first-order chi connectivity index (χ1) is 10.3. The highest BCUT2D eigenvalue weighted by molar-refractivity contribution is 5.77. The van der Waals surface area contributed by atoms with Crippen LogP contribution in [0.5, 0.6) is 0 Å². The first-order valence-corrected chi connectivity index (χ1v) is 9.05. The molecular formula is C19H30O3. The molecule has 4 rings (SSSR count). The van der Waals surface area contributed by atoms with Crippen molar-refractivity contribution >= 4 is 5.97 Å². The van der Waals surface area contributed by atoms with E-state index >= 15 is 0 Å². The molecule has 0 amide bonds. The molecule has 0 aromatic rings. The van der Waals surface area contributed by atoms with Crippen molar-refractivity contribution in [2.45, 2.75) is 71.3 Å². The molecular weight excluding hydrogens is 276 g/mol. The van der Waals surface area contributed by atoms with Gasteiger partial charge in [-0.05, 0) is 62.7 Å². The van der Waals surface area contributed by atoms with Gasteiger partial charge in [0.25, 0.3) is 0 Å². The number of carbonyl (C=O) groups is 1. The molecule has 0 N–H and O–H groups in total. The lowest BCUT2D eigenvalue weighted by Gasteiger charge is -2.61. The maximum atomic E-state index is 12.6. The summed E-state index contributed by atoms with van der Waals surface area (Å²) in [5.74, 6) is 1.18. The molecule has 0 bridgehead atoms. The van der Waals surface area contributed by atoms with E-state index in [-0.39, 0.29) is 22.4 Å². The molecule has 1 spiro atoms. The molecule has 4 aliphatic rings. The van der Waals surface area contributed by atoms with E-state index in [1.165, 1.54) is 25.7 Å². The summed E-state index contributed by atoms with van der Waals surface area (Å²) >= 11 is 0. The van der Waals surface area contributed by atoms with Gasteiger partial charge in [-0.15, -0.1) is 0 Å². The van der Waals surface area contributed by atoms with Crippen molar-refractivity contribution in [3.63, 3.8) is 0 Å². The van der Waals surface area contributed by atoms with Crippen LogP contribution in [0.3, 0.4) is 0 Å². The summed E-state index contributed by atoms with van der Waals surface area (Å²) in [6, 6.07) is 0. The van der Waals surface area contributed by atoms with Crippen LogP contribution < -0.4 is 0 Å². The Morgan fingerprint density at radius 2 is 1.73 bits per heavy atom. The number of ether oxygens (including phenoxy) is 2. The number of epoxide rings is 1. The standard InChI is InChI=1S/C19H30O3/c1-16-8-5-9-17(2,15(20)21-4)13(16)6-10-18(3)14(16)7-11-19(18)12-22-19/h13-14H,5-12H2,1-4H3/t13-,14-,16+,17-,18+,19-/m1/s1. The fraction of sp³-hybridized carbons (Fsp3) is 0.947. The van der Waals surface area contributed by atoms with E-state index < -0.39 is 0 Å². The summed E-state index contributed by atoms with van der Waals surface area (Å²) < 4.78 is 11.2. The molecule has 3 heteroatoms. The van der Waals surface area contributed by atoms with Crippen LogP contribution in [0, 0.1) is 28.1 Å². The molecule has 1 saturated heterocycles. The molecule has 0 unspecified atom stereocenters. The van der Waals surface area contributed by atoms with Gasteiger partial charge >= 0.3 is 5.97 Å². The molecule has 124 valence electrons. The van der Waals surface area contributed by atoms with Gasteiger partial charge in [-0.25, -0.2) is 0 Å². The average molecular weight is 306 g/mol. The molecule has 3 saturated carbocycles. The lowest BCUT2D eigenvalue weighted by Crippen LogP contribution is -2.58. The summed E-state index contributed by atoms with van der Waals surface area (Å²) in [5, 5.41) is 0. The number of hydrogen-bond donors (Lipinski definition) is 0. The van der Waals surface area contributed by atoms with Crippen molar-refractivity contribution in [3.8, 4) is 0 Å². The third kappa shape index (κ3) is 1.54. The number of esters is 1. The van der Waals surface area contributed by atoms with Gasteiger partial charge in [0.1, 0.15) is 0 Å². The SMILES string of the molecule is COC(=O)[C@]1(C)CCC[C@@]2(C)[C@H]1CC[C@@]1(C)[C@@H]2CC[C@@]12CO2. The third-order valence-electron chi connectivity index (χ3n) is 8.52. The van der Waals surface area contributed by atoms with Crippen LogP contribution >= 0.6 is 0 Å². The van der Waals surface area contributed by atoms with Crippen LogP contribution in [-0.2, 0) is 14.3 Å². The largest absolute Gasteiger partial charge is 0.469 e. The summed E-state index contributed by atoms with van der Waals surface area (Å²) in [4.78, 5) is 12.6. The van der Waals surface area contributed by atoms with E-state index in [0.717, 1.165) is 25.9 Å². The van der Waals surface area contributed by atoms with Gasteiger partial charge in [-0.1, -0.05) is 20.3 Å². The first-order valence-electron chi connectivity index (χ1n) is 9.05. The molecule has 3 nitrogen and oxygen atoms in total. The van der Waals surface area contributed by atoms with Crippen LogP contribution in [0.1, 0.15) is 65.7 Å². The van der Waals surface area contributed by atoms with E-state index in [9.17, 15) is 4.79 Å². The Morgan fingerprint density at radius 3 is 2.36 bits per heavy atom. The Hall–Kier alpha value is -0.570. The summed E-state index contributed by atoms with van der Waals surface area (Å²) in [6.07, 6.45) is 8.28. The first kappa shape index (κ1) is 15.0. The van der Waals surface area contributed by atoms with Gasteiger partial charge < -0.3 is 9.47 Å². The highest BCUT2D eigenvalue weighted by Gasteiger charge is 2.72. The number of carbonyl (C=O) groups excluding carboxylic acids is 1. The Kier molecular flexibility index (Phi) is 2.92. The van der Waals surface area contributed by atoms with Gasteiger partial charge in [0.2, 0.25) is 0 Å². The molecule has 1 aliphatic heterocycles. The molecule has 22 heavy (non-hydrogen) atoms. The predicted octanol–water partition coefficient (Wildman–Crippen LogP) is 3.95. The molecule has 0 aromatic heterocycles. The second-order valence-electron chi connectivity index (χ2n) is 9.15. The molecule has 3 aliphatic carbocycles. The molecule has 0 aromatic carbocycles. The minimum absolute atomic E-state index is 0.0161. The van der Waals surface area contributed by atoms with Gasteiger partial charge in [0.15, 0.2) is 0 Å². The van der Waals surface area contributed by atoms with Crippen LogP contribution in [0.2, 0.25) is 0 Å². The quantitative estimate of drug-likeness (QED) is 0.544.